The van der Waals surface area contributed by atoms with Crippen LogP contribution >= 0.6 is 0 Å². The number of amides is 2. The van der Waals surface area contributed by atoms with E-state index in [4.69, 9.17) is 0 Å². The lowest BCUT2D eigenvalue weighted by molar-refractivity contribution is -0.384. The lowest BCUT2D eigenvalue weighted by atomic mass is 9.96. The number of carbonyl (C=O) groups is 1. The second kappa shape index (κ2) is 7.06. The Morgan fingerprint density at radius 2 is 1.85 bits per heavy atom. The molecule has 0 unspecified atom stereocenters. The van der Waals surface area contributed by atoms with Crippen molar-refractivity contribution in [1.29, 1.82) is 0 Å². The lowest BCUT2D eigenvalue weighted by Gasteiger charge is -2.31. The van der Waals surface area contributed by atoms with Crippen LogP contribution in [0.1, 0.15) is 24.6 Å². The predicted molar refractivity (Wildman–Crippen MR) is 102 cm³/mol. The third kappa shape index (κ3) is 3.59. The first-order chi connectivity index (χ1) is 13.1. The van der Waals surface area contributed by atoms with E-state index in [-0.39, 0.29) is 11.7 Å². The minimum Gasteiger partial charge on any atom is -0.342 e. The van der Waals surface area contributed by atoms with Gasteiger partial charge in [0.05, 0.1) is 16.0 Å². The van der Waals surface area contributed by atoms with Gasteiger partial charge in [0.2, 0.25) is 0 Å². The molecular formula is C19H19N5O3. The fourth-order valence-electron chi connectivity index (χ4n) is 3.39. The quantitative estimate of drug-likeness (QED) is 0.543. The zero-order valence-electron chi connectivity index (χ0n) is 14.6. The number of anilines is 1. The Bertz CT molecular complexity index is 941. The van der Waals surface area contributed by atoms with Crippen LogP contribution in [0.4, 0.5) is 16.2 Å². The zero-order valence-corrected chi connectivity index (χ0v) is 14.6. The summed E-state index contributed by atoms with van der Waals surface area (Å²) in [4.78, 5) is 32.5. The molecule has 1 aliphatic heterocycles. The van der Waals surface area contributed by atoms with Crippen molar-refractivity contribution in [2.75, 3.05) is 18.4 Å². The molecule has 1 saturated heterocycles. The molecule has 3 aromatic rings. The van der Waals surface area contributed by atoms with Gasteiger partial charge < -0.3 is 15.2 Å². The smallest absolute Gasteiger partial charge is 0.321 e. The van der Waals surface area contributed by atoms with Crippen LogP contribution in [0.3, 0.4) is 0 Å². The minimum absolute atomic E-state index is 0.000326. The number of rotatable bonds is 3. The topological polar surface area (TPSA) is 104 Å². The third-order valence-electron chi connectivity index (χ3n) is 4.91. The number of aromatic amines is 1. The number of likely N-dealkylation sites (tertiary alicyclic amines) is 1. The largest absolute Gasteiger partial charge is 0.342 e. The molecule has 2 N–H and O–H groups in total. The maximum Gasteiger partial charge on any atom is 0.321 e. The highest BCUT2D eigenvalue weighted by molar-refractivity contribution is 5.89. The normalized spacial score (nSPS) is 15.0. The molecule has 0 radical (unpaired) electrons. The average Bonchev–Trinajstić information content (AvgIpc) is 3.13. The first kappa shape index (κ1) is 17.0. The highest BCUT2D eigenvalue weighted by Gasteiger charge is 2.25. The molecule has 138 valence electrons. The molecule has 0 saturated carbocycles. The summed E-state index contributed by atoms with van der Waals surface area (Å²) in [5.41, 5.74) is 2.54. The number of urea groups is 1. The fourth-order valence-corrected chi connectivity index (χ4v) is 3.39. The molecule has 2 heterocycles. The van der Waals surface area contributed by atoms with Gasteiger partial charge in [-0.1, -0.05) is 12.1 Å². The van der Waals surface area contributed by atoms with Crippen molar-refractivity contribution in [1.82, 2.24) is 14.9 Å². The second-order valence-electron chi connectivity index (χ2n) is 6.63. The monoisotopic (exact) mass is 365 g/mol. The van der Waals surface area contributed by atoms with E-state index in [1.54, 1.807) is 4.90 Å². The highest BCUT2D eigenvalue weighted by atomic mass is 16.6. The summed E-state index contributed by atoms with van der Waals surface area (Å²) < 4.78 is 0. The number of fused-ring (bicyclic) bond motifs is 1. The molecule has 0 aliphatic carbocycles. The van der Waals surface area contributed by atoms with Crippen LogP contribution in [-0.4, -0.2) is 38.9 Å². The average molecular weight is 365 g/mol. The summed E-state index contributed by atoms with van der Waals surface area (Å²) in [6.07, 6.45) is 1.68. The number of benzene rings is 2. The number of H-pyrrole nitrogens is 1. The van der Waals surface area contributed by atoms with Crippen LogP contribution < -0.4 is 5.32 Å². The highest BCUT2D eigenvalue weighted by Crippen LogP contribution is 2.28. The van der Waals surface area contributed by atoms with E-state index in [9.17, 15) is 14.9 Å². The van der Waals surface area contributed by atoms with Crippen LogP contribution in [0.15, 0.2) is 48.5 Å². The molecule has 1 aromatic heterocycles. The summed E-state index contributed by atoms with van der Waals surface area (Å²) in [6, 6.07) is 13.6. The van der Waals surface area contributed by atoms with Crippen molar-refractivity contribution < 1.29 is 9.72 Å². The van der Waals surface area contributed by atoms with Crippen LogP contribution in [-0.2, 0) is 0 Å². The summed E-state index contributed by atoms with van der Waals surface area (Å²) in [5, 5.41) is 13.5. The molecule has 8 nitrogen and oxygen atoms in total. The van der Waals surface area contributed by atoms with E-state index >= 15 is 0 Å². The van der Waals surface area contributed by atoms with Gasteiger partial charge in [-0.25, -0.2) is 9.78 Å². The number of para-hydroxylation sites is 2. The van der Waals surface area contributed by atoms with Gasteiger partial charge in [-0.05, 0) is 37.1 Å². The number of aromatic nitrogens is 2. The minimum atomic E-state index is -0.464. The number of piperidine rings is 1. The first-order valence-electron chi connectivity index (χ1n) is 8.85. The molecule has 0 atom stereocenters. The number of nitrogens with one attached hydrogen (secondary N) is 2. The van der Waals surface area contributed by atoms with Crippen molar-refractivity contribution in [3.63, 3.8) is 0 Å². The molecular weight excluding hydrogens is 346 g/mol. The van der Waals surface area contributed by atoms with Crippen molar-refractivity contribution in [2.45, 2.75) is 18.8 Å². The first-order valence-corrected chi connectivity index (χ1v) is 8.85. The Balaban J connectivity index is 1.35. The lowest BCUT2D eigenvalue weighted by Crippen LogP contribution is -2.40. The Morgan fingerprint density at radius 1 is 1.15 bits per heavy atom. The van der Waals surface area contributed by atoms with Crippen LogP contribution in [0, 0.1) is 10.1 Å². The maximum atomic E-state index is 12.4. The van der Waals surface area contributed by atoms with Crippen molar-refractivity contribution in [2.24, 2.45) is 0 Å². The van der Waals surface area contributed by atoms with Gasteiger partial charge in [-0.3, -0.25) is 10.1 Å². The van der Waals surface area contributed by atoms with Crippen molar-refractivity contribution in [3.05, 3.63) is 64.5 Å². The molecule has 2 aromatic carbocycles. The molecule has 4 rings (SSSR count). The van der Waals surface area contributed by atoms with E-state index in [0.29, 0.717) is 24.7 Å². The van der Waals surface area contributed by atoms with E-state index in [1.165, 1.54) is 24.3 Å². The molecule has 0 spiro atoms. The zero-order chi connectivity index (χ0) is 18.8. The molecule has 2 amide bonds. The van der Waals surface area contributed by atoms with Gasteiger partial charge in [-0.15, -0.1) is 0 Å². The number of nitro benzene ring substituents is 1. The standard InChI is InChI=1S/C19H19N5O3/c25-19(20-14-5-7-15(8-6-14)24(26)27)23-11-9-13(10-12-23)18-21-16-3-1-2-4-17(16)22-18/h1-8,13H,9-12H2,(H,20,25)(H,21,22). The summed E-state index contributed by atoms with van der Waals surface area (Å²) in [6.45, 7) is 1.28. The number of hydrogen-bond donors (Lipinski definition) is 2. The number of nitrogens with zero attached hydrogens (tertiary/aromatic N) is 3. The van der Waals surface area contributed by atoms with Gasteiger partial charge in [0.25, 0.3) is 5.69 Å². The third-order valence-corrected chi connectivity index (χ3v) is 4.91. The summed E-state index contributed by atoms with van der Waals surface area (Å²) in [5.74, 6) is 1.28. The Labute approximate surface area is 155 Å². The van der Waals surface area contributed by atoms with Gasteiger partial charge in [0.15, 0.2) is 0 Å². The molecule has 1 aliphatic rings. The molecule has 0 bridgehead atoms. The Morgan fingerprint density at radius 3 is 2.52 bits per heavy atom. The van der Waals surface area contributed by atoms with Gasteiger partial charge in [0.1, 0.15) is 5.82 Å². The number of nitro groups is 1. The maximum absolute atomic E-state index is 12.4. The Kier molecular flexibility index (Phi) is 4.45. The van der Waals surface area contributed by atoms with E-state index in [1.807, 2.05) is 24.3 Å². The van der Waals surface area contributed by atoms with Crippen molar-refractivity contribution in [3.8, 4) is 0 Å². The van der Waals surface area contributed by atoms with E-state index in [0.717, 1.165) is 29.7 Å². The second-order valence-corrected chi connectivity index (χ2v) is 6.63. The van der Waals surface area contributed by atoms with Gasteiger partial charge in [0, 0.05) is 36.8 Å². The van der Waals surface area contributed by atoms with Crippen LogP contribution in [0.25, 0.3) is 11.0 Å². The van der Waals surface area contributed by atoms with Crippen LogP contribution in [0.2, 0.25) is 0 Å². The Hall–Kier alpha value is -3.42. The molecule has 27 heavy (non-hydrogen) atoms. The number of imidazole rings is 1. The number of non-ortho nitro benzene ring substituents is 1. The summed E-state index contributed by atoms with van der Waals surface area (Å²) >= 11 is 0. The molecule has 1 fully saturated rings. The SMILES string of the molecule is O=C(Nc1ccc([N+](=O)[O-])cc1)N1CCC(c2nc3ccccc3[nH]2)CC1. The number of carbonyl (C=O) groups excluding carboxylic acids is 1. The van der Waals surface area contributed by atoms with Crippen molar-refractivity contribution >= 4 is 28.4 Å². The van der Waals surface area contributed by atoms with E-state index in [2.05, 4.69) is 15.3 Å². The fraction of sp³-hybridized carbons (Fsp3) is 0.263. The van der Waals surface area contributed by atoms with Crippen LogP contribution in [0.5, 0.6) is 0 Å². The van der Waals surface area contributed by atoms with E-state index < -0.39 is 4.92 Å². The van der Waals surface area contributed by atoms with Gasteiger partial charge in [-0.2, -0.15) is 0 Å². The molecule has 8 heteroatoms. The number of hydrogen-bond acceptors (Lipinski definition) is 4. The predicted octanol–water partition coefficient (Wildman–Crippen LogP) is 3.88. The summed E-state index contributed by atoms with van der Waals surface area (Å²) in [7, 11) is 0. The van der Waals surface area contributed by atoms with Gasteiger partial charge >= 0.3 is 6.03 Å².